The molecule has 19 heavy (non-hydrogen) atoms. The van der Waals surface area contributed by atoms with Crippen molar-refractivity contribution in [2.75, 3.05) is 25.1 Å². The van der Waals surface area contributed by atoms with E-state index in [1.807, 2.05) is 0 Å². The first kappa shape index (κ1) is 16.2. The van der Waals surface area contributed by atoms with E-state index in [0.29, 0.717) is 5.69 Å². The van der Waals surface area contributed by atoms with Crippen molar-refractivity contribution in [2.45, 2.75) is 4.90 Å². The van der Waals surface area contributed by atoms with Gasteiger partial charge in [-0.1, -0.05) is 11.6 Å². The van der Waals surface area contributed by atoms with Crippen molar-refractivity contribution in [3.8, 4) is 0 Å². The lowest BCUT2D eigenvalue weighted by molar-refractivity contribution is 0.573. The molecule has 0 spiro atoms. The summed E-state index contributed by atoms with van der Waals surface area (Å²) in [6, 6.07) is 4.02. The summed E-state index contributed by atoms with van der Waals surface area (Å²) in [5.41, 5.74) is 5.81. The lowest BCUT2D eigenvalue weighted by Crippen LogP contribution is -2.34. The summed E-state index contributed by atoms with van der Waals surface area (Å²) < 4.78 is 49.7. The van der Waals surface area contributed by atoms with Crippen molar-refractivity contribution in [3.63, 3.8) is 0 Å². The van der Waals surface area contributed by atoms with Crippen LogP contribution in [0.15, 0.2) is 23.1 Å². The summed E-state index contributed by atoms with van der Waals surface area (Å²) in [5, 5.41) is 0.00331. The summed E-state index contributed by atoms with van der Waals surface area (Å²) >= 11 is 5.79. The normalized spacial score (nSPS) is 12.5. The molecule has 0 aliphatic rings. The zero-order chi connectivity index (χ0) is 14.7. The van der Waals surface area contributed by atoms with Gasteiger partial charge in [0, 0.05) is 18.8 Å². The number of hydrogen-bond acceptors (Lipinski definition) is 5. The smallest absolute Gasteiger partial charge is 0.242 e. The Morgan fingerprint density at radius 3 is 2.26 bits per heavy atom. The van der Waals surface area contributed by atoms with Gasteiger partial charge >= 0.3 is 0 Å². The molecular formula is C9H14ClN3O4S2. The Hall–Kier alpha value is -0.870. The Labute approximate surface area is 117 Å². The Morgan fingerprint density at radius 2 is 1.74 bits per heavy atom. The van der Waals surface area contributed by atoms with Crippen molar-refractivity contribution in [2.24, 2.45) is 0 Å². The molecule has 0 unspecified atom stereocenters. The van der Waals surface area contributed by atoms with E-state index in [0.717, 1.165) is 6.26 Å². The highest BCUT2D eigenvalue weighted by molar-refractivity contribution is 7.89. The van der Waals surface area contributed by atoms with Gasteiger partial charge in [-0.05, 0) is 18.2 Å². The van der Waals surface area contributed by atoms with Gasteiger partial charge in [-0.2, -0.15) is 0 Å². The van der Waals surface area contributed by atoms with E-state index in [1.165, 1.54) is 18.2 Å². The number of anilines is 1. The van der Waals surface area contributed by atoms with Crippen molar-refractivity contribution in [1.82, 2.24) is 9.44 Å². The zero-order valence-electron chi connectivity index (χ0n) is 10.1. The van der Waals surface area contributed by atoms with Gasteiger partial charge in [0.15, 0.2) is 0 Å². The molecule has 0 fully saturated rings. The quantitative estimate of drug-likeness (QED) is 0.492. The van der Waals surface area contributed by atoms with E-state index in [1.54, 1.807) is 0 Å². The van der Waals surface area contributed by atoms with E-state index in [2.05, 4.69) is 9.44 Å². The molecule has 0 aliphatic heterocycles. The van der Waals surface area contributed by atoms with Crippen LogP contribution >= 0.6 is 11.6 Å². The number of benzene rings is 1. The minimum absolute atomic E-state index is 0.00331. The number of sulfonamides is 2. The maximum Gasteiger partial charge on any atom is 0.242 e. The summed E-state index contributed by atoms with van der Waals surface area (Å²) in [6.45, 7) is -0.138. The van der Waals surface area contributed by atoms with Crippen molar-refractivity contribution < 1.29 is 16.8 Å². The molecule has 7 nitrogen and oxygen atoms in total. The monoisotopic (exact) mass is 327 g/mol. The van der Waals surface area contributed by atoms with E-state index in [9.17, 15) is 16.8 Å². The highest BCUT2D eigenvalue weighted by Gasteiger charge is 2.17. The highest BCUT2D eigenvalue weighted by Crippen LogP contribution is 2.23. The van der Waals surface area contributed by atoms with Crippen molar-refractivity contribution >= 4 is 37.3 Å². The average molecular weight is 328 g/mol. The predicted molar refractivity (Wildman–Crippen MR) is 73.9 cm³/mol. The molecule has 0 aromatic heterocycles. The molecular weight excluding hydrogens is 314 g/mol. The lowest BCUT2D eigenvalue weighted by Gasteiger charge is -2.09. The van der Waals surface area contributed by atoms with Crippen LogP contribution in [-0.4, -0.2) is 36.2 Å². The molecule has 108 valence electrons. The molecule has 1 aromatic carbocycles. The molecule has 0 saturated heterocycles. The number of halogens is 1. The standard InChI is InChI=1S/C9H14ClN3O4S2/c1-18(14,15)12-4-5-13-19(16,17)9-3-2-7(11)6-8(9)10/h2-3,6,12-13H,4-5,11H2,1H3. The van der Waals surface area contributed by atoms with Crippen LogP contribution in [0, 0.1) is 0 Å². The minimum Gasteiger partial charge on any atom is -0.399 e. The fourth-order valence-corrected chi connectivity index (χ4v) is 3.29. The Balaban J connectivity index is 2.71. The molecule has 4 N–H and O–H groups in total. The third-order valence-corrected chi connectivity index (χ3v) is 4.70. The van der Waals surface area contributed by atoms with E-state index < -0.39 is 20.0 Å². The van der Waals surface area contributed by atoms with Gasteiger partial charge < -0.3 is 5.73 Å². The fraction of sp³-hybridized carbons (Fsp3) is 0.333. The van der Waals surface area contributed by atoms with Gasteiger partial charge in [0.25, 0.3) is 0 Å². The van der Waals surface area contributed by atoms with Crippen LogP contribution in [0.25, 0.3) is 0 Å². The first-order valence-corrected chi connectivity index (χ1v) is 8.86. The van der Waals surface area contributed by atoms with Gasteiger partial charge in [-0.25, -0.2) is 26.3 Å². The largest absolute Gasteiger partial charge is 0.399 e. The van der Waals surface area contributed by atoms with Crippen LogP contribution in [-0.2, 0) is 20.0 Å². The fourth-order valence-electron chi connectivity index (χ4n) is 1.23. The van der Waals surface area contributed by atoms with E-state index in [4.69, 9.17) is 17.3 Å². The van der Waals surface area contributed by atoms with Crippen LogP contribution in [0.4, 0.5) is 5.69 Å². The third kappa shape index (κ3) is 5.33. The molecule has 0 saturated carbocycles. The first-order chi connectivity index (χ1) is 8.62. The van der Waals surface area contributed by atoms with Crippen LogP contribution in [0.2, 0.25) is 5.02 Å². The van der Waals surface area contributed by atoms with Gasteiger partial charge in [-0.3, -0.25) is 0 Å². The van der Waals surface area contributed by atoms with Gasteiger partial charge in [0.05, 0.1) is 11.3 Å². The Kier molecular flexibility index (Phi) is 5.16. The average Bonchev–Trinajstić information content (AvgIpc) is 2.22. The maximum absolute atomic E-state index is 11.9. The lowest BCUT2D eigenvalue weighted by atomic mass is 10.3. The van der Waals surface area contributed by atoms with Crippen LogP contribution in [0.1, 0.15) is 0 Å². The van der Waals surface area contributed by atoms with E-state index >= 15 is 0 Å². The zero-order valence-corrected chi connectivity index (χ0v) is 12.4. The summed E-state index contributed by atoms with van der Waals surface area (Å²) in [4.78, 5) is -0.109. The molecule has 0 aliphatic carbocycles. The summed E-state index contributed by atoms with van der Waals surface area (Å²) in [6.07, 6.45) is 0.984. The molecule has 0 radical (unpaired) electrons. The van der Waals surface area contributed by atoms with Crippen molar-refractivity contribution in [3.05, 3.63) is 23.2 Å². The molecule has 0 heterocycles. The maximum atomic E-state index is 11.9. The number of nitrogens with one attached hydrogen (secondary N) is 2. The second-order valence-electron chi connectivity index (χ2n) is 3.75. The Bertz CT molecular complexity index is 658. The third-order valence-electron chi connectivity index (χ3n) is 2.03. The molecule has 0 amide bonds. The minimum atomic E-state index is -3.80. The van der Waals surface area contributed by atoms with Gasteiger partial charge in [-0.15, -0.1) is 0 Å². The molecule has 0 bridgehead atoms. The second kappa shape index (κ2) is 6.06. The summed E-state index contributed by atoms with van der Waals surface area (Å²) in [5.74, 6) is 0. The molecule has 0 atom stereocenters. The topological polar surface area (TPSA) is 118 Å². The van der Waals surface area contributed by atoms with Crippen LogP contribution in [0.5, 0.6) is 0 Å². The number of nitrogen functional groups attached to an aromatic ring is 1. The van der Waals surface area contributed by atoms with Crippen molar-refractivity contribution in [1.29, 1.82) is 0 Å². The molecule has 1 rings (SSSR count). The molecule has 10 heteroatoms. The van der Waals surface area contributed by atoms with Gasteiger partial charge in [0.2, 0.25) is 20.0 Å². The van der Waals surface area contributed by atoms with Crippen LogP contribution in [0.3, 0.4) is 0 Å². The summed E-state index contributed by atoms with van der Waals surface area (Å²) in [7, 11) is -7.15. The first-order valence-electron chi connectivity index (χ1n) is 5.11. The predicted octanol–water partition coefficient (Wildman–Crippen LogP) is -0.250. The van der Waals surface area contributed by atoms with Gasteiger partial charge in [0.1, 0.15) is 4.90 Å². The molecule has 1 aromatic rings. The Morgan fingerprint density at radius 1 is 1.16 bits per heavy atom. The SMILES string of the molecule is CS(=O)(=O)NCCNS(=O)(=O)c1ccc(N)cc1Cl. The van der Waals surface area contributed by atoms with E-state index in [-0.39, 0.29) is 23.0 Å². The number of hydrogen-bond donors (Lipinski definition) is 3. The number of rotatable bonds is 6. The highest BCUT2D eigenvalue weighted by atomic mass is 35.5. The number of nitrogens with two attached hydrogens (primary N) is 1. The second-order valence-corrected chi connectivity index (χ2v) is 7.73. The van der Waals surface area contributed by atoms with Crippen LogP contribution < -0.4 is 15.2 Å².